The molecule has 0 unspecified atom stereocenters. The molecule has 2 fully saturated rings. The Bertz CT molecular complexity index is 1080. The monoisotopic (exact) mass is 610 g/mol. The maximum Gasteiger partial charge on any atom is 0.326 e. The average molecular weight is 611 g/mol. The van der Waals surface area contributed by atoms with Crippen LogP contribution in [0.15, 0.2) is 0 Å². The Kier molecular flexibility index (Phi) is 13.8. The molecule has 4 atom stereocenters. The molecule has 2 rings (SSSR count). The molecule has 0 aromatic heterocycles. The number of nitrogens with two attached hydrogens (primary N) is 3. The molecule has 0 radical (unpaired) electrons. The highest BCUT2D eigenvalue weighted by atomic mass is 16.4. The topological polar surface area (TPSA) is 277 Å². The molecule has 17 nitrogen and oxygen atoms in total. The zero-order valence-electron chi connectivity index (χ0n) is 24.0. The van der Waals surface area contributed by atoms with Gasteiger partial charge >= 0.3 is 5.97 Å². The summed E-state index contributed by atoms with van der Waals surface area (Å²) in [4.78, 5) is 101. The number of primary amides is 2. The van der Waals surface area contributed by atoms with Gasteiger partial charge in [0.2, 0.25) is 41.4 Å². The molecule has 10 N–H and O–H groups in total. The summed E-state index contributed by atoms with van der Waals surface area (Å²) in [5, 5.41) is 16.8. The van der Waals surface area contributed by atoms with E-state index in [9.17, 15) is 43.5 Å². The first-order valence-corrected chi connectivity index (χ1v) is 14.3. The first-order chi connectivity index (χ1) is 20.3. The molecule has 2 saturated heterocycles. The van der Waals surface area contributed by atoms with Crippen LogP contribution in [0.3, 0.4) is 0 Å². The average Bonchev–Trinajstić information content (AvgIpc) is 2.98. The molecule has 0 spiro atoms. The summed E-state index contributed by atoms with van der Waals surface area (Å²) in [6, 6.07) is -4.48. The summed E-state index contributed by atoms with van der Waals surface area (Å²) in [6.45, 7) is -0.307. The number of nitrogens with zero attached hydrogens (tertiary/aromatic N) is 2. The smallest absolute Gasteiger partial charge is 0.326 e. The summed E-state index contributed by atoms with van der Waals surface area (Å²) in [7, 11) is 0. The second-order valence-electron chi connectivity index (χ2n) is 10.6. The lowest BCUT2D eigenvalue weighted by atomic mass is 10.00. The fourth-order valence-corrected chi connectivity index (χ4v) is 5.15. The van der Waals surface area contributed by atoms with E-state index in [1.807, 2.05) is 0 Å². The number of rotatable bonds is 15. The van der Waals surface area contributed by atoms with Crippen LogP contribution in [0.5, 0.6) is 0 Å². The molecule has 0 aliphatic carbocycles. The lowest BCUT2D eigenvalue weighted by molar-refractivity contribution is -0.146. The maximum absolute atomic E-state index is 13.1. The Morgan fingerprint density at radius 1 is 0.721 bits per heavy atom. The number of piperidine rings is 2. The molecular weight excluding hydrogens is 568 g/mol. The predicted molar refractivity (Wildman–Crippen MR) is 149 cm³/mol. The molecule has 17 heteroatoms. The van der Waals surface area contributed by atoms with E-state index in [0.717, 1.165) is 0 Å². The van der Waals surface area contributed by atoms with E-state index in [2.05, 4.69) is 16.0 Å². The van der Waals surface area contributed by atoms with Gasteiger partial charge in [0, 0.05) is 25.9 Å². The molecule has 7 amide bonds. The quantitative estimate of drug-likeness (QED) is 0.0956. The van der Waals surface area contributed by atoms with Gasteiger partial charge in [0.05, 0.1) is 13.1 Å². The van der Waals surface area contributed by atoms with E-state index in [4.69, 9.17) is 17.2 Å². The van der Waals surface area contributed by atoms with Crippen LogP contribution in [0.2, 0.25) is 0 Å². The summed E-state index contributed by atoms with van der Waals surface area (Å²) in [5.41, 5.74) is 15.8. The highest BCUT2D eigenvalue weighted by molar-refractivity contribution is 5.95. The van der Waals surface area contributed by atoms with E-state index >= 15 is 0 Å². The van der Waals surface area contributed by atoms with E-state index in [1.54, 1.807) is 0 Å². The Balaban J connectivity index is 2.06. The maximum atomic E-state index is 13.1. The van der Waals surface area contributed by atoms with E-state index in [0.29, 0.717) is 38.6 Å². The van der Waals surface area contributed by atoms with Gasteiger partial charge in [-0.25, -0.2) is 4.79 Å². The van der Waals surface area contributed by atoms with Gasteiger partial charge in [-0.3, -0.25) is 33.6 Å². The van der Waals surface area contributed by atoms with Crippen LogP contribution in [0, 0.1) is 0 Å². The van der Waals surface area contributed by atoms with Gasteiger partial charge in [0.1, 0.15) is 24.2 Å². The molecule has 0 aromatic rings. The number of nitrogens with one attached hydrogen (secondary N) is 3. The van der Waals surface area contributed by atoms with Crippen molar-refractivity contribution in [1.82, 2.24) is 25.8 Å². The van der Waals surface area contributed by atoms with Crippen molar-refractivity contribution in [2.45, 2.75) is 88.4 Å². The summed E-state index contributed by atoms with van der Waals surface area (Å²) in [5.74, 6) is -5.92. The first-order valence-electron chi connectivity index (χ1n) is 14.3. The van der Waals surface area contributed by atoms with Crippen LogP contribution < -0.4 is 33.2 Å². The fourth-order valence-electron chi connectivity index (χ4n) is 5.15. The lowest BCUT2D eigenvalue weighted by Crippen LogP contribution is -2.58. The Hall–Kier alpha value is -4.28. The standard InChI is InChI=1S/C26H42N8O9/c27-13-21(37)33-11-3-1-5-17(33)24(40)31-15(7-9-19(28)35)23(39)30-14-22(38)34-12-4-2-6-18(34)25(41)32-16(26(42)43)8-10-20(29)36/h15-18H,1-14,27H2,(H2,28,35)(H2,29,36)(H,30,39)(H,31,40)(H,32,41)(H,42,43)/t15-,16-,17-,18-/m0/s1. The molecule has 2 aliphatic rings. The molecule has 43 heavy (non-hydrogen) atoms. The number of aliphatic carboxylic acids is 1. The minimum Gasteiger partial charge on any atom is -0.480 e. The van der Waals surface area contributed by atoms with Gasteiger partial charge in [-0.15, -0.1) is 0 Å². The second kappa shape index (κ2) is 17.0. The Morgan fingerprint density at radius 2 is 1.19 bits per heavy atom. The highest BCUT2D eigenvalue weighted by Crippen LogP contribution is 2.19. The number of amides is 7. The molecule has 0 saturated carbocycles. The zero-order chi connectivity index (χ0) is 32.1. The van der Waals surface area contributed by atoms with Gasteiger partial charge < -0.3 is 48.1 Å². The van der Waals surface area contributed by atoms with Crippen molar-refractivity contribution in [3.8, 4) is 0 Å². The second-order valence-corrected chi connectivity index (χ2v) is 10.6. The minimum atomic E-state index is -1.38. The van der Waals surface area contributed by atoms with Gasteiger partial charge in [0.25, 0.3) is 0 Å². The zero-order valence-corrected chi connectivity index (χ0v) is 24.0. The third kappa shape index (κ3) is 10.8. The van der Waals surface area contributed by atoms with Gasteiger partial charge in [-0.2, -0.15) is 0 Å². The van der Waals surface area contributed by atoms with E-state index in [-0.39, 0.29) is 45.2 Å². The van der Waals surface area contributed by atoms with Crippen LogP contribution in [0.4, 0.5) is 0 Å². The number of carboxylic acids is 1. The number of carbonyl (C=O) groups excluding carboxylic acids is 7. The predicted octanol–water partition coefficient (Wildman–Crippen LogP) is -3.59. The van der Waals surface area contributed by atoms with Crippen molar-refractivity contribution in [2.75, 3.05) is 26.2 Å². The molecule has 240 valence electrons. The lowest BCUT2D eigenvalue weighted by Gasteiger charge is -2.36. The summed E-state index contributed by atoms with van der Waals surface area (Å²) in [6.07, 6.45) is 2.30. The van der Waals surface area contributed by atoms with Crippen molar-refractivity contribution in [3.63, 3.8) is 0 Å². The van der Waals surface area contributed by atoms with Crippen LogP contribution in [-0.4, -0.2) is 113 Å². The summed E-state index contributed by atoms with van der Waals surface area (Å²) >= 11 is 0. The molecular formula is C26H42N8O9. The van der Waals surface area contributed by atoms with E-state index < -0.39 is 78.0 Å². The number of likely N-dealkylation sites (tertiary alicyclic amines) is 2. The van der Waals surface area contributed by atoms with Gasteiger partial charge in [-0.1, -0.05) is 0 Å². The summed E-state index contributed by atoms with van der Waals surface area (Å²) < 4.78 is 0. The third-order valence-corrected chi connectivity index (χ3v) is 7.45. The van der Waals surface area contributed by atoms with Crippen molar-refractivity contribution in [2.24, 2.45) is 17.2 Å². The van der Waals surface area contributed by atoms with Crippen molar-refractivity contribution < 1.29 is 43.5 Å². The Labute approximate surface area is 248 Å². The molecule has 0 bridgehead atoms. The van der Waals surface area contributed by atoms with Crippen LogP contribution in [0.25, 0.3) is 0 Å². The number of hydrogen-bond donors (Lipinski definition) is 7. The largest absolute Gasteiger partial charge is 0.480 e. The number of hydrogen-bond acceptors (Lipinski definition) is 9. The molecule has 2 heterocycles. The first kappa shape index (κ1) is 34.9. The van der Waals surface area contributed by atoms with Crippen molar-refractivity contribution >= 4 is 47.3 Å². The van der Waals surface area contributed by atoms with Crippen molar-refractivity contribution in [1.29, 1.82) is 0 Å². The van der Waals surface area contributed by atoms with Gasteiger partial charge in [0.15, 0.2) is 0 Å². The minimum absolute atomic E-state index is 0.157. The SMILES string of the molecule is NCC(=O)N1CCCC[C@H]1C(=O)N[C@@H](CCC(N)=O)C(=O)NCC(=O)N1CCCC[C@H]1C(=O)N[C@@H](CCC(N)=O)C(=O)O. The normalized spacial score (nSPS) is 19.8. The van der Waals surface area contributed by atoms with Crippen molar-refractivity contribution in [3.05, 3.63) is 0 Å². The van der Waals surface area contributed by atoms with Crippen LogP contribution >= 0.6 is 0 Å². The number of carboxylic acid groups (broad SMARTS) is 1. The van der Waals surface area contributed by atoms with E-state index in [1.165, 1.54) is 9.80 Å². The Morgan fingerprint density at radius 3 is 1.65 bits per heavy atom. The van der Waals surface area contributed by atoms with Gasteiger partial charge in [-0.05, 0) is 51.4 Å². The van der Waals surface area contributed by atoms with Crippen LogP contribution in [-0.2, 0) is 38.4 Å². The third-order valence-electron chi connectivity index (χ3n) is 7.45. The van der Waals surface area contributed by atoms with Crippen LogP contribution in [0.1, 0.15) is 64.2 Å². The fraction of sp³-hybridized carbons (Fsp3) is 0.692. The highest BCUT2D eigenvalue weighted by Gasteiger charge is 2.36. The molecule has 2 aliphatic heterocycles. The number of carbonyl (C=O) groups is 8. The molecule has 0 aromatic carbocycles.